The molecule has 4 heteroatoms. The van der Waals surface area contributed by atoms with E-state index in [9.17, 15) is 4.57 Å². The van der Waals surface area contributed by atoms with Crippen LogP contribution in [-0.2, 0) is 4.57 Å². The molecule has 2 heterocycles. The molecule has 0 saturated heterocycles. The van der Waals surface area contributed by atoms with Crippen LogP contribution in [0.15, 0.2) is 194 Å². The van der Waals surface area contributed by atoms with Crippen LogP contribution < -0.4 is 10.6 Å². The molecule has 0 aliphatic carbocycles. The van der Waals surface area contributed by atoms with Gasteiger partial charge in [0.1, 0.15) is 7.14 Å². The smallest absolute Gasteiger partial charge is 0.160 e. The molecule has 260 valence electrons. The maximum atomic E-state index is 14.2. The summed E-state index contributed by atoms with van der Waals surface area (Å²) < 4.78 is 14.2. The van der Waals surface area contributed by atoms with Gasteiger partial charge in [0.15, 0.2) is 5.82 Å². The number of hydrogen-bond donors (Lipinski definition) is 0. The van der Waals surface area contributed by atoms with Crippen LogP contribution in [0.2, 0.25) is 0 Å². The number of fused-ring (bicyclic) bond motifs is 4. The zero-order valence-electron chi connectivity index (χ0n) is 30.2. The number of rotatable bonds is 6. The normalized spacial score (nSPS) is 14.4. The molecule has 10 rings (SSSR count). The summed E-state index contributed by atoms with van der Waals surface area (Å²) in [5, 5.41) is 4.23. The highest BCUT2D eigenvalue weighted by Gasteiger charge is 2.36. The first-order valence-corrected chi connectivity index (χ1v) is 20.7. The van der Waals surface area contributed by atoms with Crippen LogP contribution in [0.5, 0.6) is 0 Å². The van der Waals surface area contributed by atoms with Gasteiger partial charge in [-0.3, -0.25) is 0 Å². The predicted octanol–water partition coefficient (Wildman–Crippen LogP) is 12.6. The first-order valence-electron chi connectivity index (χ1n) is 18.6. The highest BCUT2D eigenvalue weighted by molar-refractivity contribution is 7.79. The van der Waals surface area contributed by atoms with Gasteiger partial charge in [0, 0.05) is 32.9 Å². The molecule has 1 atom stereocenters. The first kappa shape index (κ1) is 32.9. The van der Waals surface area contributed by atoms with Gasteiger partial charge in [-0.1, -0.05) is 170 Å². The van der Waals surface area contributed by atoms with Gasteiger partial charge in [0.2, 0.25) is 0 Å². The van der Waals surface area contributed by atoms with Crippen molar-refractivity contribution < 1.29 is 4.57 Å². The molecule has 0 saturated carbocycles. The minimum Gasteiger partial charge on any atom is -0.314 e. The van der Waals surface area contributed by atoms with Crippen molar-refractivity contribution in [2.75, 3.05) is 6.66 Å². The lowest BCUT2D eigenvalue weighted by Gasteiger charge is -2.15. The molecule has 9 aromatic rings. The Labute approximate surface area is 321 Å². The highest BCUT2D eigenvalue weighted by atomic mass is 31.2. The van der Waals surface area contributed by atoms with Gasteiger partial charge in [-0.2, -0.15) is 0 Å². The maximum Gasteiger partial charge on any atom is 0.160 e. The largest absolute Gasteiger partial charge is 0.314 e. The zero-order chi connectivity index (χ0) is 36.9. The van der Waals surface area contributed by atoms with Gasteiger partial charge >= 0.3 is 0 Å². The number of nitrogens with zero attached hydrogens (tertiary/aromatic N) is 2. The van der Waals surface area contributed by atoms with E-state index in [4.69, 9.17) is 9.97 Å². The van der Waals surface area contributed by atoms with Crippen LogP contribution in [0, 0.1) is 0 Å². The molecule has 55 heavy (non-hydrogen) atoms. The second-order valence-corrected chi connectivity index (χ2v) is 17.1. The maximum absolute atomic E-state index is 14.2. The molecule has 0 amide bonds. The Kier molecular flexibility index (Phi) is 7.98. The number of aromatic nitrogens is 2. The Morgan fingerprint density at radius 3 is 1.76 bits per heavy atom. The van der Waals surface area contributed by atoms with E-state index in [0.29, 0.717) is 5.82 Å². The minimum absolute atomic E-state index is 0.689. The van der Waals surface area contributed by atoms with E-state index in [1.165, 1.54) is 10.9 Å². The molecule has 0 bridgehead atoms. The third-order valence-electron chi connectivity index (χ3n) is 10.8. The van der Waals surface area contributed by atoms with E-state index in [1.54, 1.807) is 0 Å². The topological polar surface area (TPSA) is 42.9 Å². The summed E-state index contributed by atoms with van der Waals surface area (Å²) in [7, 11) is -2.70. The summed E-state index contributed by atoms with van der Waals surface area (Å²) in [6, 6.07) is 67.6. The van der Waals surface area contributed by atoms with Gasteiger partial charge in [-0.15, -0.1) is 0 Å². The molecule has 0 N–H and O–H groups in total. The van der Waals surface area contributed by atoms with Gasteiger partial charge in [0.05, 0.1) is 11.4 Å². The Bertz CT molecular complexity index is 2960. The van der Waals surface area contributed by atoms with Gasteiger partial charge in [-0.05, 0) is 80.6 Å². The van der Waals surface area contributed by atoms with Crippen LogP contribution in [0.25, 0.3) is 89.2 Å². The lowest BCUT2D eigenvalue weighted by atomic mass is 9.89. The second kappa shape index (κ2) is 13.3. The molecular formula is C51H35N2OP. The Hall–Kier alpha value is -6.67. The van der Waals surface area contributed by atoms with E-state index in [1.807, 2.05) is 55.2 Å². The molecule has 0 spiro atoms. The van der Waals surface area contributed by atoms with Crippen molar-refractivity contribution in [3.63, 3.8) is 0 Å². The molecule has 0 fully saturated rings. The second-order valence-electron chi connectivity index (χ2n) is 14.2. The molecule has 1 aliphatic heterocycles. The molecule has 1 aliphatic rings. The number of hydrogen-bond acceptors (Lipinski definition) is 3. The van der Waals surface area contributed by atoms with Gasteiger partial charge < -0.3 is 4.57 Å². The monoisotopic (exact) mass is 722 g/mol. The van der Waals surface area contributed by atoms with Crippen LogP contribution in [0.4, 0.5) is 0 Å². The summed E-state index contributed by atoms with van der Waals surface area (Å²) >= 11 is 0. The van der Waals surface area contributed by atoms with Crippen molar-refractivity contribution in [1.82, 2.24) is 9.97 Å². The molecule has 1 unspecified atom stereocenters. The summed E-state index contributed by atoms with van der Waals surface area (Å²) in [6.45, 7) is 1.90. The molecule has 0 radical (unpaired) electrons. The summed E-state index contributed by atoms with van der Waals surface area (Å²) in [5.41, 5.74) is 13.7. The molecule has 3 nitrogen and oxygen atoms in total. The average molecular weight is 723 g/mol. The van der Waals surface area contributed by atoms with Crippen LogP contribution in [-0.4, -0.2) is 16.6 Å². The summed E-state index contributed by atoms with van der Waals surface area (Å²) in [6.07, 6.45) is 0. The quantitative estimate of drug-likeness (QED) is 0.161. The average Bonchev–Trinajstić information content (AvgIpc) is 3.50. The summed E-state index contributed by atoms with van der Waals surface area (Å²) in [5.74, 6) is 0.689. The minimum atomic E-state index is -2.70. The standard InChI is InChI=1S/C51H35N2OP/c1-55(54)48-24-11-10-22-44(48)50-43(23-13-25-49(50)55)41-31-39-18-8-9-21-42(39)45(32-41)35-26-28-36(29-27-35)46-33-47(53-51(52-46)37-16-6-3-7-17-37)40-20-12-19-38(30-40)34-14-4-2-5-15-34/h2-33H,1H3. The third-order valence-corrected chi connectivity index (χ3v) is 13.4. The Morgan fingerprint density at radius 1 is 0.382 bits per heavy atom. The van der Waals surface area contributed by atoms with Crippen molar-refractivity contribution in [2.45, 2.75) is 0 Å². The fourth-order valence-corrected chi connectivity index (χ4v) is 10.4. The van der Waals surface area contributed by atoms with Crippen molar-refractivity contribution >= 4 is 28.5 Å². The first-order chi connectivity index (χ1) is 27.0. The van der Waals surface area contributed by atoms with Crippen molar-refractivity contribution in [3.8, 4) is 78.4 Å². The highest BCUT2D eigenvalue weighted by Crippen LogP contribution is 2.52. The van der Waals surface area contributed by atoms with Crippen LogP contribution >= 0.6 is 7.14 Å². The van der Waals surface area contributed by atoms with Crippen LogP contribution in [0.1, 0.15) is 0 Å². The Balaban J connectivity index is 1.08. The lowest BCUT2D eigenvalue weighted by Crippen LogP contribution is -2.07. The van der Waals surface area contributed by atoms with E-state index < -0.39 is 7.14 Å². The van der Waals surface area contributed by atoms with E-state index in [2.05, 4.69) is 146 Å². The van der Waals surface area contributed by atoms with Gasteiger partial charge in [0.25, 0.3) is 0 Å². The fourth-order valence-electron chi connectivity index (χ4n) is 8.08. The molecule has 1 aromatic heterocycles. The fraction of sp³-hybridized carbons (Fsp3) is 0.0196. The number of benzene rings is 8. The van der Waals surface area contributed by atoms with E-state index in [-0.39, 0.29) is 0 Å². The SMILES string of the molecule is CP1(=O)c2ccccc2-c2c(-c3cc(-c4ccc(-c5cc(-c6cccc(-c7ccccc7)c6)nc(-c6ccccc6)n5)cc4)c4ccccc4c3)cccc21. The van der Waals surface area contributed by atoms with Crippen molar-refractivity contribution in [2.24, 2.45) is 0 Å². The third kappa shape index (κ3) is 5.81. The molecule has 8 aromatic carbocycles. The molecular weight excluding hydrogens is 688 g/mol. The van der Waals surface area contributed by atoms with E-state index in [0.717, 1.165) is 83.0 Å². The summed E-state index contributed by atoms with van der Waals surface area (Å²) in [4.78, 5) is 10.2. The zero-order valence-corrected chi connectivity index (χ0v) is 31.1. The van der Waals surface area contributed by atoms with E-state index >= 15 is 0 Å². The Morgan fingerprint density at radius 2 is 0.964 bits per heavy atom. The van der Waals surface area contributed by atoms with Crippen molar-refractivity contribution in [1.29, 1.82) is 0 Å². The van der Waals surface area contributed by atoms with Gasteiger partial charge in [-0.25, -0.2) is 9.97 Å². The lowest BCUT2D eigenvalue weighted by molar-refractivity contribution is 0.591. The van der Waals surface area contributed by atoms with Crippen molar-refractivity contribution in [3.05, 3.63) is 194 Å². The van der Waals surface area contributed by atoms with Crippen LogP contribution in [0.3, 0.4) is 0 Å². The predicted molar refractivity (Wildman–Crippen MR) is 230 cm³/mol.